The first-order valence-electron chi connectivity index (χ1n) is 6.75. The maximum atomic E-state index is 11.7. The summed E-state index contributed by atoms with van der Waals surface area (Å²) in [4.78, 5) is 24.0. The molecule has 0 aliphatic rings. The van der Waals surface area contributed by atoms with E-state index in [0.29, 0.717) is 23.1 Å². The molecule has 1 rings (SSSR count). The summed E-state index contributed by atoms with van der Waals surface area (Å²) in [5, 5.41) is 5.88. The van der Waals surface area contributed by atoms with Crippen LogP contribution in [0.4, 0.5) is 4.79 Å². The van der Waals surface area contributed by atoms with Gasteiger partial charge in [-0.25, -0.2) is 4.79 Å². The summed E-state index contributed by atoms with van der Waals surface area (Å²) in [7, 11) is 1.87. The second-order valence-electron chi connectivity index (χ2n) is 4.86. The Morgan fingerprint density at radius 1 is 1.24 bits per heavy atom. The molecule has 1 aromatic rings. The third-order valence-electron chi connectivity index (χ3n) is 2.74. The van der Waals surface area contributed by atoms with Crippen molar-refractivity contribution in [3.8, 4) is 0 Å². The molecule has 3 N–H and O–H groups in total. The van der Waals surface area contributed by atoms with E-state index in [0.717, 1.165) is 16.9 Å². The number of quaternary nitrogens is 1. The van der Waals surface area contributed by atoms with Crippen LogP contribution in [-0.4, -0.2) is 32.1 Å². The van der Waals surface area contributed by atoms with E-state index < -0.39 is 6.03 Å². The Morgan fingerprint density at radius 2 is 1.95 bits per heavy atom. The third-order valence-corrected chi connectivity index (χ3v) is 3.48. The first-order valence-corrected chi connectivity index (χ1v) is 7.51. The normalized spacial score (nSPS) is 11.8. The Bertz CT molecular complexity index is 509. The zero-order valence-corrected chi connectivity index (χ0v) is 13.6. The van der Waals surface area contributed by atoms with Gasteiger partial charge in [-0.15, -0.1) is 0 Å². The molecule has 0 bridgehead atoms. The number of benzene rings is 1. The molecule has 0 fully saturated rings. The van der Waals surface area contributed by atoms with Crippen molar-refractivity contribution in [1.29, 1.82) is 0 Å². The number of carbonyl (C=O) groups is 2. The van der Waals surface area contributed by atoms with Gasteiger partial charge in [0.2, 0.25) is 0 Å². The number of rotatable bonds is 6. The van der Waals surface area contributed by atoms with E-state index in [1.54, 1.807) is 12.1 Å². The maximum absolute atomic E-state index is 11.7. The molecule has 0 aliphatic carbocycles. The molecule has 0 aromatic heterocycles. The number of nitrogens with one attached hydrogen (secondary N) is 3. The topological polar surface area (TPSA) is 62.6 Å². The highest BCUT2D eigenvalue weighted by Gasteiger charge is 2.13. The Labute approximate surface area is 134 Å². The minimum Gasteiger partial charge on any atom is -0.338 e. The Kier molecular flexibility index (Phi) is 7.50. The molecule has 21 heavy (non-hydrogen) atoms. The molecule has 1 atom stereocenters. The number of hydrogen-bond acceptors (Lipinski definition) is 2. The number of urea groups is 1. The standard InChI is InChI=1S/C14H19Cl2N3O2/c1-3-6-17-14(21)18-13(20)9-19(2)8-10-4-5-11(15)12(16)7-10/h4-5,7H,3,6,8-9H2,1-2H3,(H2,17,18,20,21)/p+1. The van der Waals surface area contributed by atoms with Gasteiger partial charge in [0.1, 0.15) is 6.54 Å². The maximum Gasteiger partial charge on any atom is 0.321 e. The second-order valence-corrected chi connectivity index (χ2v) is 5.68. The monoisotopic (exact) mass is 332 g/mol. The summed E-state index contributed by atoms with van der Waals surface area (Å²) >= 11 is 11.8. The van der Waals surface area contributed by atoms with Crippen molar-refractivity contribution in [3.63, 3.8) is 0 Å². The van der Waals surface area contributed by atoms with Crippen LogP contribution in [0.5, 0.6) is 0 Å². The molecule has 0 aliphatic heterocycles. The highest BCUT2D eigenvalue weighted by molar-refractivity contribution is 6.42. The van der Waals surface area contributed by atoms with Crippen LogP contribution in [0.3, 0.4) is 0 Å². The van der Waals surface area contributed by atoms with Crippen molar-refractivity contribution in [3.05, 3.63) is 33.8 Å². The van der Waals surface area contributed by atoms with Crippen LogP contribution in [0.25, 0.3) is 0 Å². The molecule has 7 heteroatoms. The van der Waals surface area contributed by atoms with Gasteiger partial charge >= 0.3 is 6.03 Å². The van der Waals surface area contributed by atoms with Gasteiger partial charge in [0.25, 0.3) is 5.91 Å². The highest BCUT2D eigenvalue weighted by Crippen LogP contribution is 2.22. The van der Waals surface area contributed by atoms with Crippen LogP contribution in [0.2, 0.25) is 10.0 Å². The summed E-state index contributed by atoms with van der Waals surface area (Å²) in [6.45, 7) is 3.29. The average molecular weight is 333 g/mol. The zero-order chi connectivity index (χ0) is 15.8. The largest absolute Gasteiger partial charge is 0.338 e. The van der Waals surface area contributed by atoms with Crippen molar-refractivity contribution in [2.45, 2.75) is 19.9 Å². The Morgan fingerprint density at radius 3 is 2.57 bits per heavy atom. The number of imide groups is 1. The fraction of sp³-hybridized carbons (Fsp3) is 0.429. The van der Waals surface area contributed by atoms with E-state index >= 15 is 0 Å². The Hall–Kier alpha value is -1.30. The lowest BCUT2D eigenvalue weighted by Crippen LogP contribution is -3.09. The smallest absolute Gasteiger partial charge is 0.321 e. The number of amides is 3. The summed E-state index contributed by atoms with van der Waals surface area (Å²) in [6.07, 6.45) is 0.824. The number of likely N-dealkylation sites (N-methyl/N-ethyl adjacent to an activating group) is 1. The van der Waals surface area contributed by atoms with Gasteiger partial charge in [-0.3, -0.25) is 10.1 Å². The van der Waals surface area contributed by atoms with Crippen LogP contribution in [0, 0.1) is 0 Å². The van der Waals surface area contributed by atoms with E-state index in [9.17, 15) is 9.59 Å². The molecule has 5 nitrogen and oxygen atoms in total. The van der Waals surface area contributed by atoms with E-state index in [1.807, 2.05) is 20.0 Å². The van der Waals surface area contributed by atoms with Crippen molar-refractivity contribution in [1.82, 2.24) is 10.6 Å². The highest BCUT2D eigenvalue weighted by atomic mass is 35.5. The van der Waals surface area contributed by atoms with E-state index in [2.05, 4.69) is 10.6 Å². The molecule has 0 spiro atoms. The van der Waals surface area contributed by atoms with E-state index in [1.165, 1.54) is 0 Å². The lowest BCUT2D eigenvalue weighted by atomic mass is 10.2. The minimum absolute atomic E-state index is 0.194. The van der Waals surface area contributed by atoms with Crippen LogP contribution in [0.1, 0.15) is 18.9 Å². The predicted molar refractivity (Wildman–Crippen MR) is 83.8 cm³/mol. The van der Waals surface area contributed by atoms with Crippen molar-refractivity contribution in [2.24, 2.45) is 0 Å². The van der Waals surface area contributed by atoms with Crippen LogP contribution < -0.4 is 15.5 Å². The molecule has 1 unspecified atom stereocenters. The number of halogens is 2. The fourth-order valence-electron chi connectivity index (χ4n) is 1.79. The molecule has 116 valence electrons. The first kappa shape index (κ1) is 17.8. The SMILES string of the molecule is CCCNC(=O)NC(=O)C[NH+](C)Cc1ccc(Cl)c(Cl)c1. The lowest BCUT2D eigenvalue weighted by Gasteiger charge is -2.14. The Balaban J connectivity index is 2.42. The van der Waals surface area contributed by atoms with Crippen molar-refractivity contribution >= 4 is 35.1 Å². The van der Waals surface area contributed by atoms with Gasteiger partial charge in [-0.1, -0.05) is 36.2 Å². The molecule has 3 amide bonds. The van der Waals surface area contributed by atoms with Gasteiger partial charge in [0.15, 0.2) is 6.54 Å². The molecule has 0 saturated carbocycles. The predicted octanol–water partition coefficient (Wildman–Crippen LogP) is 1.24. The van der Waals surface area contributed by atoms with Gasteiger partial charge in [0.05, 0.1) is 17.1 Å². The van der Waals surface area contributed by atoms with Crippen molar-refractivity contribution in [2.75, 3.05) is 20.1 Å². The summed E-state index contributed by atoms with van der Waals surface area (Å²) in [5.41, 5.74) is 0.977. The van der Waals surface area contributed by atoms with Gasteiger partial charge in [-0.05, 0) is 18.6 Å². The summed E-state index contributed by atoms with van der Waals surface area (Å²) < 4.78 is 0. The number of carbonyl (C=O) groups excluding carboxylic acids is 2. The molecule has 0 saturated heterocycles. The molecule has 0 heterocycles. The van der Waals surface area contributed by atoms with E-state index in [-0.39, 0.29) is 12.5 Å². The quantitative estimate of drug-likeness (QED) is 0.734. The van der Waals surface area contributed by atoms with Crippen molar-refractivity contribution < 1.29 is 14.5 Å². The molecular weight excluding hydrogens is 313 g/mol. The van der Waals surface area contributed by atoms with Crippen LogP contribution >= 0.6 is 23.2 Å². The first-order chi connectivity index (χ1) is 9.92. The van der Waals surface area contributed by atoms with Gasteiger partial charge in [-0.2, -0.15) is 0 Å². The second kappa shape index (κ2) is 8.87. The third kappa shape index (κ3) is 6.80. The lowest BCUT2D eigenvalue weighted by molar-refractivity contribution is -0.885. The molecular formula is C14H20Cl2N3O2+. The van der Waals surface area contributed by atoms with E-state index in [4.69, 9.17) is 23.2 Å². The summed E-state index contributed by atoms with van der Waals surface area (Å²) in [5.74, 6) is -0.318. The number of hydrogen-bond donors (Lipinski definition) is 3. The van der Waals surface area contributed by atoms with Crippen LogP contribution in [0.15, 0.2) is 18.2 Å². The summed E-state index contributed by atoms with van der Waals surface area (Å²) in [6, 6.07) is 4.91. The molecule has 0 radical (unpaired) electrons. The zero-order valence-electron chi connectivity index (χ0n) is 12.1. The average Bonchev–Trinajstić information content (AvgIpc) is 2.40. The molecule has 1 aromatic carbocycles. The van der Waals surface area contributed by atoms with Crippen LogP contribution in [-0.2, 0) is 11.3 Å². The fourth-order valence-corrected chi connectivity index (χ4v) is 2.11. The van der Waals surface area contributed by atoms with Gasteiger partial charge < -0.3 is 10.2 Å². The minimum atomic E-state index is -0.454. The van der Waals surface area contributed by atoms with Gasteiger partial charge in [0, 0.05) is 12.1 Å².